The quantitative estimate of drug-likeness (QED) is 0.879. The molecule has 1 aliphatic rings. The smallest absolute Gasteiger partial charge is 0.334 e. The van der Waals surface area contributed by atoms with Crippen LogP contribution in [0.2, 0.25) is 0 Å². The van der Waals surface area contributed by atoms with Crippen molar-refractivity contribution in [3.63, 3.8) is 0 Å². The van der Waals surface area contributed by atoms with E-state index < -0.39 is 11.7 Å². The van der Waals surface area contributed by atoms with Crippen LogP contribution in [0.4, 0.5) is 13.2 Å². The molecule has 7 heteroatoms. The first-order valence-electron chi connectivity index (χ1n) is 8.97. The molecule has 0 saturated carbocycles. The largest absolute Gasteiger partial charge is 0.416 e. The molecule has 1 aromatic carbocycles. The Labute approximate surface area is 156 Å². The van der Waals surface area contributed by atoms with Gasteiger partial charge in [0.1, 0.15) is 0 Å². The van der Waals surface area contributed by atoms with Crippen molar-refractivity contribution in [2.75, 3.05) is 13.1 Å². The van der Waals surface area contributed by atoms with E-state index in [1.54, 1.807) is 29.2 Å². The predicted octanol–water partition coefficient (Wildman–Crippen LogP) is 4.03. The molecule has 1 saturated heterocycles. The van der Waals surface area contributed by atoms with Crippen molar-refractivity contribution in [1.82, 2.24) is 9.88 Å². The van der Waals surface area contributed by atoms with E-state index in [-0.39, 0.29) is 17.6 Å². The highest BCUT2D eigenvalue weighted by atomic mass is 19.4. The lowest BCUT2D eigenvalue weighted by Crippen LogP contribution is -2.47. The van der Waals surface area contributed by atoms with Crippen molar-refractivity contribution in [1.29, 1.82) is 0 Å². The number of halogens is 3. The number of aromatic nitrogens is 1. The molecule has 1 atom stereocenters. The molecule has 0 spiro atoms. The van der Waals surface area contributed by atoms with Gasteiger partial charge in [0.05, 0.1) is 11.3 Å². The van der Waals surface area contributed by atoms with Crippen LogP contribution in [0.5, 0.6) is 0 Å². The van der Waals surface area contributed by atoms with Gasteiger partial charge in [0, 0.05) is 36.0 Å². The number of nitrogens with two attached hydrogens (primary N) is 1. The Kier molecular flexibility index (Phi) is 5.51. The van der Waals surface area contributed by atoms with E-state index >= 15 is 0 Å². The Morgan fingerprint density at radius 1 is 1.22 bits per heavy atom. The lowest BCUT2D eigenvalue weighted by atomic mass is 10.00. The van der Waals surface area contributed by atoms with Crippen LogP contribution in [0.25, 0.3) is 11.3 Å². The highest BCUT2D eigenvalue weighted by Gasteiger charge is 2.31. The molecule has 2 N–H and O–H groups in total. The zero-order valence-corrected chi connectivity index (χ0v) is 15.1. The molecule has 144 valence electrons. The molecule has 1 fully saturated rings. The van der Waals surface area contributed by atoms with Crippen molar-refractivity contribution in [3.8, 4) is 11.3 Å². The van der Waals surface area contributed by atoms with E-state index in [0.29, 0.717) is 29.9 Å². The third kappa shape index (κ3) is 4.30. The van der Waals surface area contributed by atoms with Gasteiger partial charge in [-0.3, -0.25) is 9.78 Å². The minimum absolute atomic E-state index is 0.0405. The lowest BCUT2D eigenvalue weighted by Gasteiger charge is -2.35. The van der Waals surface area contributed by atoms with E-state index in [4.69, 9.17) is 5.73 Å². The van der Waals surface area contributed by atoms with Gasteiger partial charge in [-0.25, -0.2) is 0 Å². The van der Waals surface area contributed by atoms with Crippen LogP contribution in [-0.4, -0.2) is 34.9 Å². The van der Waals surface area contributed by atoms with Gasteiger partial charge in [-0.15, -0.1) is 0 Å². The monoisotopic (exact) mass is 377 g/mol. The second-order valence-corrected chi connectivity index (χ2v) is 6.84. The number of carbonyl (C=O) groups excluding carboxylic acids is 1. The second-order valence-electron chi connectivity index (χ2n) is 6.84. The highest BCUT2D eigenvalue weighted by Crippen LogP contribution is 2.32. The Hall–Kier alpha value is -2.41. The lowest BCUT2D eigenvalue weighted by molar-refractivity contribution is -0.137. The van der Waals surface area contributed by atoms with E-state index in [1.165, 1.54) is 6.92 Å². The molecule has 0 radical (unpaired) electrons. The summed E-state index contributed by atoms with van der Waals surface area (Å²) in [6, 6.07) is 8.63. The fraction of sp³-hybridized carbons (Fsp3) is 0.400. The van der Waals surface area contributed by atoms with Crippen LogP contribution in [0.3, 0.4) is 0 Å². The number of nitrogens with zero attached hydrogens (tertiary/aromatic N) is 2. The maximum atomic E-state index is 13.0. The molecule has 2 heterocycles. The van der Waals surface area contributed by atoms with Crippen molar-refractivity contribution in [2.45, 2.75) is 38.4 Å². The molecular formula is C20H22F3N3O. The molecular weight excluding hydrogens is 355 g/mol. The highest BCUT2D eigenvalue weighted by molar-refractivity contribution is 5.95. The summed E-state index contributed by atoms with van der Waals surface area (Å²) in [7, 11) is 0. The van der Waals surface area contributed by atoms with Crippen molar-refractivity contribution < 1.29 is 18.0 Å². The molecule has 1 amide bonds. The van der Waals surface area contributed by atoms with Crippen LogP contribution in [0.1, 0.15) is 40.9 Å². The average Bonchev–Trinajstić information content (AvgIpc) is 2.66. The first kappa shape index (κ1) is 19.4. The molecule has 27 heavy (non-hydrogen) atoms. The molecule has 1 aliphatic heterocycles. The summed E-state index contributed by atoms with van der Waals surface area (Å²) in [5.41, 5.74) is 6.61. The summed E-state index contributed by atoms with van der Waals surface area (Å²) in [5.74, 6) is -0.0927. The number of pyridine rings is 1. The topological polar surface area (TPSA) is 59.2 Å². The first-order chi connectivity index (χ1) is 12.8. The van der Waals surface area contributed by atoms with Crippen LogP contribution >= 0.6 is 0 Å². The van der Waals surface area contributed by atoms with E-state index in [0.717, 1.165) is 31.4 Å². The minimum Gasteiger partial charge on any atom is -0.334 e. The molecule has 3 rings (SSSR count). The fourth-order valence-corrected chi connectivity index (χ4v) is 3.44. The summed E-state index contributed by atoms with van der Waals surface area (Å²) >= 11 is 0. The second kappa shape index (κ2) is 7.68. The Bertz CT molecular complexity index is 818. The first-order valence-corrected chi connectivity index (χ1v) is 8.97. The van der Waals surface area contributed by atoms with Crippen molar-refractivity contribution in [3.05, 3.63) is 53.2 Å². The van der Waals surface area contributed by atoms with Crippen LogP contribution < -0.4 is 5.73 Å². The van der Waals surface area contributed by atoms with Crippen molar-refractivity contribution >= 4 is 5.91 Å². The molecule has 1 aromatic heterocycles. The standard InChI is InChI=1S/C20H22F3N3O/c1-13-10-16(20(21,22)23)11-18(25-13)14-5-7-15(8-6-14)19(27)26-9-3-2-4-17(26)12-24/h5-8,10-11,17H,2-4,9,12,24H2,1H3. The zero-order valence-electron chi connectivity index (χ0n) is 15.1. The zero-order chi connectivity index (χ0) is 19.6. The molecule has 0 bridgehead atoms. The Balaban J connectivity index is 1.85. The number of carbonyl (C=O) groups is 1. The van der Waals surface area contributed by atoms with Crippen LogP contribution in [0, 0.1) is 6.92 Å². The predicted molar refractivity (Wildman–Crippen MR) is 97.1 cm³/mol. The number of benzene rings is 1. The van der Waals surface area contributed by atoms with Gasteiger partial charge in [-0.1, -0.05) is 12.1 Å². The minimum atomic E-state index is -4.43. The number of piperidine rings is 1. The fourth-order valence-electron chi connectivity index (χ4n) is 3.44. The Morgan fingerprint density at radius 3 is 2.56 bits per heavy atom. The third-order valence-electron chi connectivity index (χ3n) is 4.87. The molecule has 0 aliphatic carbocycles. The number of likely N-dealkylation sites (tertiary alicyclic amines) is 1. The summed E-state index contributed by atoms with van der Waals surface area (Å²) in [6.45, 7) is 2.63. The van der Waals surface area contributed by atoms with Gasteiger partial charge < -0.3 is 10.6 Å². The van der Waals surface area contributed by atoms with E-state index in [2.05, 4.69) is 4.98 Å². The number of hydrogen-bond donors (Lipinski definition) is 1. The summed E-state index contributed by atoms with van der Waals surface area (Å²) in [6.07, 6.45) is -1.52. The number of amides is 1. The molecule has 1 unspecified atom stereocenters. The van der Waals surface area contributed by atoms with Crippen molar-refractivity contribution in [2.24, 2.45) is 5.73 Å². The van der Waals surface area contributed by atoms with E-state index in [9.17, 15) is 18.0 Å². The third-order valence-corrected chi connectivity index (χ3v) is 4.87. The number of aryl methyl sites for hydroxylation is 1. The summed E-state index contributed by atoms with van der Waals surface area (Å²) in [4.78, 5) is 18.8. The van der Waals surface area contributed by atoms with Gasteiger partial charge in [0.15, 0.2) is 0 Å². The van der Waals surface area contributed by atoms with Crippen LogP contribution in [0.15, 0.2) is 36.4 Å². The molecule has 4 nitrogen and oxygen atoms in total. The number of alkyl halides is 3. The number of hydrogen-bond acceptors (Lipinski definition) is 3. The van der Waals surface area contributed by atoms with E-state index in [1.807, 2.05) is 0 Å². The average molecular weight is 377 g/mol. The van der Waals surface area contributed by atoms with Gasteiger partial charge in [-0.05, 0) is 50.5 Å². The molecule has 2 aromatic rings. The number of rotatable bonds is 3. The Morgan fingerprint density at radius 2 is 1.93 bits per heavy atom. The van der Waals surface area contributed by atoms with Gasteiger partial charge in [0.25, 0.3) is 5.91 Å². The summed E-state index contributed by atoms with van der Waals surface area (Å²) < 4.78 is 39.1. The summed E-state index contributed by atoms with van der Waals surface area (Å²) in [5, 5.41) is 0. The van der Waals surface area contributed by atoms with Gasteiger partial charge >= 0.3 is 6.18 Å². The SMILES string of the molecule is Cc1cc(C(F)(F)F)cc(-c2ccc(C(=O)N3CCCCC3CN)cc2)n1. The van der Waals surface area contributed by atoms with Gasteiger partial charge in [0.2, 0.25) is 0 Å². The maximum absolute atomic E-state index is 13.0. The normalized spacial score (nSPS) is 17.8. The maximum Gasteiger partial charge on any atom is 0.416 e. The van der Waals surface area contributed by atoms with Crippen LogP contribution in [-0.2, 0) is 6.18 Å². The van der Waals surface area contributed by atoms with Gasteiger partial charge in [-0.2, -0.15) is 13.2 Å².